The molecule has 2 saturated carbocycles. The number of hydrogen-bond donors (Lipinski definition) is 0. The Morgan fingerprint density at radius 3 is 2.35 bits per heavy atom. The summed E-state index contributed by atoms with van der Waals surface area (Å²) in [4.78, 5) is 12.4. The van der Waals surface area contributed by atoms with Crippen LogP contribution in [-0.4, -0.2) is 40.8 Å². The molecule has 3 unspecified atom stereocenters. The fourth-order valence-corrected chi connectivity index (χ4v) is 5.27. The highest BCUT2D eigenvalue weighted by Gasteiger charge is 2.63. The first-order valence-corrected chi connectivity index (χ1v) is 8.56. The lowest BCUT2D eigenvalue weighted by molar-refractivity contribution is -0.273. The molecule has 2 bridgehead atoms. The van der Waals surface area contributed by atoms with E-state index < -0.39 is 0 Å². The van der Waals surface area contributed by atoms with Gasteiger partial charge in [0, 0.05) is 18.8 Å². The number of carbonyl (C=O) groups is 1. The highest BCUT2D eigenvalue weighted by atomic mass is 79.9. The number of hydrogen-bond acceptors (Lipinski definition) is 4. The summed E-state index contributed by atoms with van der Waals surface area (Å²) in [5.41, 5.74) is -0.608. The van der Waals surface area contributed by atoms with Gasteiger partial charge in [-0.3, -0.25) is 4.79 Å². The Morgan fingerprint density at radius 2 is 1.75 bits per heavy atom. The zero-order valence-electron chi connectivity index (χ0n) is 11.8. The van der Waals surface area contributed by atoms with Gasteiger partial charge in [-0.25, -0.2) is 0 Å². The minimum atomic E-state index is -0.386. The van der Waals surface area contributed by atoms with Crippen LogP contribution in [0.1, 0.15) is 45.4 Å². The zero-order valence-corrected chi connectivity index (χ0v) is 13.4. The molecule has 5 heteroatoms. The molecule has 4 nitrogen and oxygen atoms in total. The molecule has 5 fully saturated rings. The number of carbonyl (C=O) groups excluding carboxylic acids is 1. The van der Waals surface area contributed by atoms with Crippen LogP contribution in [0.3, 0.4) is 0 Å². The molecule has 3 saturated heterocycles. The Hall–Kier alpha value is 0.0300. The number of Topliss-reactive ketones (excluding diaryl/α,β-unsaturated/α-hetero) is 1. The van der Waals surface area contributed by atoms with Gasteiger partial charge in [-0.1, -0.05) is 15.9 Å². The molecule has 0 radical (unpaired) electrons. The maximum absolute atomic E-state index is 12.6. The molecule has 0 aromatic heterocycles. The van der Waals surface area contributed by atoms with Crippen LogP contribution in [0, 0.1) is 5.92 Å². The molecule has 0 aromatic rings. The highest BCUT2D eigenvalue weighted by molar-refractivity contribution is 9.10. The molecule has 3 heterocycles. The summed E-state index contributed by atoms with van der Waals surface area (Å²) in [7, 11) is 0. The molecule has 0 aromatic carbocycles. The molecule has 2 spiro atoms. The van der Waals surface area contributed by atoms with Gasteiger partial charge in [0.25, 0.3) is 0 Å². The van der Waals surface area contributed by atoms with Crippen LogP contribution >= 0.6 is 15.9 Å². The zero-order chi connectivity index (χ0) is 14.0. The van der Waals surface area contributed by atoms with Crippen molar-refractivity contribution in [1.29, 1.82) is 0 Å². The first-order chi connectivity index (χ1) is 9.49. The van der Waals surface area contributed by atoms with Crippen molar-refractivity contribution in [1.82, 2.24) is 0 Å². The predicted octanol–water partition coefficient (Wildman–Crippen LogP) is 2.57. The third-order valence-electron chi connectivity index (χ3n) is 5.80. The van der Waals surface area contributed by atoms with Gasteiger partial charge in [0.15, 0.2) is 11.6 Å². The second kappa shape index (κ2) is 4.28. The SMILES string of the molecule is CC12CCC(C(=O)C1Br)C1(CCC3(CC1)OCCO3)O2. The number of rotatable bonds is 0. The van der Waals surface area contributed by atoms with Crippen LogP contribution in [0.25, 0.3) is 0 Å². The van der Waals surface area contributed by atoms with E-state index in [9.17, 15) is 4.79 Å². The Balaban J connectivity index is 1.59. The van der Waals surface area contributed by atoms with Gasteiger partial charge >= 0.3 is 0 Å². The summed E-state index contributed by atoms with van der Waals surface area (Å²) in [5, 5.41) is 0. The summed E-state index contributed by atoms with van der Waals surface area (Å²) < 4.78 is 18.1. The molecule has 2 aliphatic carbocycles. The predicted molar refractivity (Wildman–Crippen MR) is 75.8 cm³/mol. The Kier molecular flexibility index (Phi) is 2.92. The number of ketones is 1. The minimum absolute atomic E-state index is 0.0486. The van der Waals surface area contributed by atoms with Crippen LogP contribution in [0.4, 0.5) is 0 Å². The largest absolute Gasteiger partial charge is 0.366 e. The van der Waals surface area contributed by atoms with Crippen molar-refractivity contribution in [3.05, 3.63) is 0 Å². The van der Waals surface area contributed by atoms with Crippen molar-refractivity contribution in [2.24, 2.45) is 5.92 Å². The van der Waals surface area contributed by atoms with E-state index in [0.717, 1.165) is 38.5 Å². The molecule has 3 atom stereocenters. The Bertz CT molecular complexity index is 435. The first-order valence-electron chi connectivity index (χ1n) is 7.65. The summed E-state index contributed by atoms with van der Waals surface area (Å²) in [5.74, 6) is 0.00457. The van der Waals surface area contributed by atoms with Gasteiger partial charge in [-0.05, 0) is 32.6 Å². The molecular weight excluding hydrogens is 324 g/mol. The minimum Gasteiger partial charge on any atom is -0.366 e. The van der Waals surface area contributed by atoms with E-state index in [1.54, 1.807) is 0 Å². The fourth-order valence-electron chi connectivity index (χ4n) is 4.63. The van der Waals surface area contributed by atoms with Crippen molar-refractivity contribution in [2.75, 3.05) is 13.2 Å². The van der Waals surface area contributed by atoms with Crippen molar-refractivity contribution in [3.63, 3.8) is 0 Å². The molecule has 20 heavy (non-hydrogen) atoms. The lowest BCUT2D eigenvalue weighted by atomic mass is 9.61. The highest BCUT2D eigenvalue weighted by Crippen LogP contribution is 2.57. The maximum Gasteiger partial charge on any atom is 0.168 e. The average Bonchev–Trinajstić information content (AvgIpc) is 2.89. The van der Waals surface area contributed by atoms with Crippen LogP contribution in [0.5, 0.6) is 0 Å². The number of alkyl halides is 1. The van der Waals surface area contributed by atoms with Gasteiger partial charge in [-0.2, -0.15) is 0 Å². The number of fused-ring (bicyclic) bond motifs is 2. The average molecular weight is 345 g/mol. The Labute approximate surface area is 127 Å². The number of halogens is 1. The molecule has 0 N–H and O–H groups in total. The molecular formula is C15H21BrO4. The van der Waals surface area contributed by atoms with E-state index in [0.29, 0.717) is 19.0 Å². The van der Waals surface area contributed by atoms with E-state index in [1.165, 1.54) is 0 Å². The van der Waals surface area contributed by atoms with Gasteiger partial charge in [0.1, 0.15) is 4.83 Å². The number of ether oxygens (including phenoxy) is 3. The molecule has 5 aliphatic rings. The van der Waals surface area contributed by atoms with Crippen molar-refractivity contribution in [3.8, 4) is 0 Å². The van der Waals surface area contributed by atoms with Crippen LogP contribution in [0.15, 0.2) is 0 Å². The lowest BCUT2D eigenvalue weighted by Gasteiger charge is -2.60. The standard InChI is InChI=1S/C15H21BrO4/c1-13-3-2-10(11(17)12(13)16)14(20-13)4-6-15(7-5-14)18-8-9-19-15/h10,12H,2-9H2,1H3. The normalized spacial score (nSPS) is 45.4. The van der Waals surface area contributed by atoms with Crippen LogP contribution in [-0.2, 0) is 19.0 Å². The smallest absolute Gasteiger partial charge is 0.168 e. The van der Waals surface area contributed by atoms with E-state index in [4.69, 9.17) is 14.2 Å². The molecule has 3 aliphatic heterocycles. The summed E-state index contributed by atoms with van der Waals surface area (Å²) in [6, 6.07) is 0. The van der Waals surface area contributed by atoms with Gasteiger partial charge < -0.3 is 14.2 Å². The topological polar surface area (TPSA) is 44.8 Å². The van der Waals surface area contributed by atoms with E-state index in [2.05, 4.69) is 22.9 Å². The maximum atomic E-state index is 12.6. The van der Waals surface area contributed by atoms with E-state index in [-0.39, 0.29) is 27.7 Å². The van der Waals surface area contributed by atoms with Gasteiger partial charge in [0.05, 0.1) is 24.4 Å². The van der Waals surface area contributed by atoms with Gasteiger partial charge in [-0.15, -0.1) is 0 Å². The first kappa shape index (κ1) is 13.7. The quantitative estimate of drug-likeness (QED) is 0.633. The lowest BCUT2D eigenvalue weighted by Crippen LogP contribution is -2.68. The van der Waals surface area contributed by atoms with Crippen LogP contribution in [0.2, 0.25) is 0 Å². The van der Waals surface area contributed by atoms with Crippen LogP contribution < -0.4 is 0 Å². The molecule has 0 amide bonds. The second-order valence-electron chi connectivity index (χ2n) is 6.94. The monoisotopic (exact) mass is 344 g/mol. The third-order valence-corrected chi connectivity index (χ3v) is 7.22. The van der Waals surface area contributed by atoms with Crippen molar-refractivity contribution < 1.29 is 19.0 Å². The Morgan fingerprint density at radius 1 is 1.10 bits per heavy atom. The molecule has 112 valence electrons. The van der Waals surface area contributed by atoms with Crippen molar-refractivity contribution >= 4 is 21.7 Å². The van der Waals surface area contributed by atoms with E-state index in [1.807, 2.05) is 0 Å². The summed E-state index contributed by atoms with van der Waals surface area (Å²) >= 11 is 3.55. The van der Waals surface area contributed by atoms with Gasteiger partial charge in [0.2, 0.25) is 0 Å². The second-order valence-corrected chi connectivity index (χ2v) is 7.86. The summed E-state index contributed by atoms with van der Waals surface area (Å²) in [6.45, 7) is 3.46. The molecule has 5 rings (SSSR count). The summed E-state index contributed by atoms with van der Waals surface area (Å²) in [6.07, 6.45) is 5.38. The van der Waals surface area contributed by atoms with Crippen molar-refractivity contribution in [2.45, 2.75) is 67.3 Å². The van der Waals surface area contributed by atoms with E-state index >= 15 is 0 Å². The third kappa shape index (κ3) is 1.73. The fraction of sp³-hybridized carbons (Fsp3) is 0.933.